The zero-order valence-corrected chi connectivity index (χ0v) is 15.1. The molecule has 0 spiro atoms. The summed E-state index contributed by atoms with van der Waals surface area (Å²) in [6.07, 6.45) is 23.5. The number of alkyl halides is 1. The largest absolute Gasteiger partial charge is 0.122 e. The highest BCUT2D eigenvalue weighted by molar-refractivity contribution is 6.18. The summed E-state index contributed by atoms with van der Waals surface area (Å²) in [7, 11) is 0. The fraction of sp³-hybridized carbons (Fsp3) is 0.800. The second kappa shape index (κ2) is 17.8. The van der Waals surface area contributed by atoms with E-state index in [9.17, 15) is 0 Å². The number of hydrogen-bond acceptors (Lipinski definition) is 0. The lowest BCUT2D eigenvalue weighted by Crippen LogP contribution is -1.84. The van der Waals surface area contributed by atoms with E-state index in [2.05, 4.69) is 19.6 Å². The van der Waals surface area contributed by atoms with E-state index in [4.69, 9.17) is 11.6 Å². The fourth-order valence-electron chi connectivity index (χ4n) is 2.73. The Bertz CT molecular complexity index is 242. The van der Waals surface area contributed by atoms with Crippen LogP contribution >= 0.6 is 11.6 Å². The molecular weight excluding hydrogens is 276 g/mol. The second-order valence-electron chi connectivity index (χ2n) is 6.13. The van der Waals surface area contributed by atoms with Gasteiger partial charge in [0.25, 0.3) is 0 Å². The highest BCUT2D eigenvalue weighted by Gasteiger charge is 1.95. The zero-order chi connectivity index (χ0) is 15.6. The Morgan fingerprint density at radius 2 is 1.19 bits per heavy atom. The molecular formula is C20H37Cl. The first-order valence-electron chi connectivity index (χ1n) is 9.22. The van der Waals surface area contributed by atoms with Gasteiger partial charge in [-0.1, -0.05) is 108 Å². The van der Waals surface area contributed by atoms with Crippen LogP contribution < -0.4 is 0 Å². The second-order valence-corrected chi connectivity index (χ2v) is 6.44. The van der Waals surface area contributed by atoms with Gasteiger partial charge in [0.05, 0.1) is 0 Å². The summed E-state index contributed by atoms with van der Waals surface area (Å²) in [5, 5.41) is 0. The molecule has 124 valence electrons. The van der Waals surface area contributed by atoms with E-state index in [1.165, 1.54) is 89.0 Å². The summed E-state index contributed by atoms with van der Waals surface area (Å²) in [6.45, 7) is 6.12. The normalized spacial score (nSPS) is 11.8. The predicted octanol–water partition coefficient (Wildman–Crippen LogP) is 7.82. The van der Waals surface area contributed by atoms with Gasteiger partial charge in [-0.25, -0.2) is 0 Å². The molecule has 0 atom stereocenters. The van der Waals surface area contributed by atoms with Gasteiger partial charge in [0.15, 0.2) is 0 Å². The van der Waals surface area contributed by atoms with Crippen molar-refractivity contribution in [2.24, 2.45) is 0 Å². The first kappa shape index (κ1) is 20.8. The minimum atomic E-state index is 0.611. The minimum absolute atomic E-state index is 0.611. The molecule has 0 aliphatic carbocycles. The van der Waals surface area contributed by atoms with Gasteiger partial charge in [0, 0.05) is 5.88 Å². The van der Waals surface area contributed by atoms with E-state index >= 15 is 0 Å². The smallest absolute Gasteiger partial charge is 0.0409 e. The maximum atomic E-state index is 5.71. The minimum Gasteiger partial charge on any atom is -0.122 e. The van der Waals surface area contributed by atoms with E-state index in [1.807, 2.05) is 6.08 Å². The molecule has 0 aliphatic rings. The Balaban J connectivity index is 3.15. The van der Waals surface area contributed by atoms with Crippen LogP contribution in [0.1, 0.15) is 96.8 Å². The molecule has 0 rings (SSSR count). The Labute approximate surface area is 139 Å². The number of unbranched alkanes of at least 4 members (excludes halogenated alkanes) is 12. The standard InChI is InChI=1S/C20H37Cl/c1-3-5-6-7-8-9-10-11-12-13-14-15-16-17-20(4-2)18-19-21/h4,18H,2-3,5-17,19H2,1H3. The van der Waals surface area contributed by atoms with Gasteiger partial charge in [-0.15, -0.1) is 11.6 Å². The van der Waals surface area contributed by atoms with E-state index in [1.54, 1.807) is 0 Å². The SMILES string of the molecule is C=CC(=CCCl)CCCCCCCCCCCCCCC. The summed E-state index contributed by atoms with van der Waals surface area (Å²) in [5.74, 6) is 0.611. The Morgan fingerprint density at radius 1 is 0.762 bits per heavy atom. The van der Waals surface area contributed by atoms with Gasteiger partial charge >= 0.3 is 0 Å². The van der Waals surface area contributed by atoms with Crippen molar-refractivity contribution in [3.05, 3.63) is 24.3 Å². The molecule has 0 nitrogen and oxygen atoms in total. The third kappa shape index (κ3) is 16.0. The first-order valence-corrected chi connectivity index (χ1v) is 9.76. The van der Waals surface area contributed by atoms with Crippen LogP contribution in [0.25, 0.3) is 0 Å². The Kier molecular flexibility index (Phi) is 17.6. The van der Waals surface area contributed by atoms with Crippen LogP contribution in [-0.2, 0) is 0 Å². The maximum Gasteiger partial charge on any atom is 0.0409 e. The van der Waals surface area contributed by atoms with Crippen molar-refractivity contribution in [2.45, 2.75) is 96.8 Å². The Morgan fingerprint density at radius 3 is 1.57 bits per heavy atom. The molecule has 0 aromatic rings. The van der Waals surface area contributed by atoms with E-state index < -0.39 is 0 Å². The molecule has 1 heteroatoms. The third-order valence-electron chi connectivity index (χ3n) is 4.17. The molecule has 21 heavy (non-hydrogen) atoms. The summed E-state index contributed by atoms with van der Waals surface area (Å²) in [4.78, 5) is 0. The summed E-state index contributed by atoms with van der Waals surface area (Å²) >= 11 is 5.71. The first-order chi connectivity index (χ1) is 10.3. The molecule has 0 radical (unpaired) electrons. The average molecular weight is 313 g/mol. The van der Waals surface area contributed by atoms with Crippen molar-refractivity contribution in [3.8, 4) is 0 Å². The van der Waals surface area contributed by atoms with E-state index in [0.717, 1.165) is 6.42 Å². The number of rotatable bonds is 16. The molecule has 0 aromatic heterocycles. The van der Waals surface area contributed by atoms with Crippen molar-refractivity contribution < 1.29 is 0 Å². The van der Waals surface area contributed by atoms with Crippen LogP contribution in [0.4, 0.5) is 0 Å². The van der Waals surface area contributed by atoms with Gasteiger partial charge in [-0.05, 0) is 12.8 Å². The molecule has 0 amide bonds. The van der Waals surface area contributed by atoms with Crippen molar-refractivity contribution in [1.82, 2.24) is 0 Å². The lowest BCUT2D eigenvalue weighted by atomic mass is 10.0. The van der Waals surface area contributed by atoms with Gasteiger partial charge in [-0.2, -0.15) is 0 Å². The van der Waals surface area contributed by atoms with Crippen LogP contribution in [0.5, 0.6) is 0 Å². The fourth-order valence-corrected chi connectivity index (χ4v) is 2.93. The molecule has 0 fully saturated rings. The lowest BCUT2D eigenvalue weighted by Gasteiger charge is -2.04. The monoisotopic (exact) mass is 312 g/mol. The molecule has 0 bridgehead atoms. The third-order valence-corrected chi connectivity index (χ3v) is 4.32. The highest BCUT2D eigenvalue weighted by atomic mass is 35.5. The maximum absolute atomic E-state index is 5.71. The summed E-state index contributed by atoms with van der Waals surface area (Å²) < 4.78 is 0. The molecule has 0 aliphatic heterocycles. The highest BCUT2D eigenvalue weighted by Crippen LogP contribution is 2.14. The molecule has 0 saturated heterocycles. The van der Waals surface area contributed by atoms with Gasteiger partial charge in [-0.3, -0.25) is 0 Å². The summed E-state index contributed by atoms with van der Waals surface area (Å²) in [6, 6.07) is 0. The van der Waals surface area contributed by atoms with Gasteiger partial charge in [0.1, 0.15) is 0 Å². The number of hydrogen-bond donors (Lipinski definition) is 0. The van der Waals surface area contributed by atoms with Gasteiger partial charge in [0.2, 0.25) is 0 Å². The van der Waals surface area contributed by atoms with Crippen LogP contribution in [0.3, 0.4) is 0 Å². The lowest BCUT2D eigenvalue weighted by molar-refractivity contribution is 0.539. The van der Waals surface area contributed by atoms with Crippen LogP contribution in [0.15, 0.2) is 24.3 Å². The Hall–Kier alpha value is -0.230. The van der Waals surface area contributed by atoms with E-state index in [-0.39, 0.29) is 0 Å². The topological polar surface area (TPSA) is 0 Å². The van der Waals surface area contributed by atoms with Crippen LogP contribution in [0.2, 0.25) is 0 Å². The quantitative estimate of drug-likeness (QED) is 0.155. The van der Waals surface area contributed by atoms with Crippen molar-refractivity contribution >= 4 is 11.6 Å². The predicted molar refractivity (Wildman–Crippen MR) is 99.3 cm³/mol. The molecule has 0 saturated carbocycles. The van der Waals surface area contributed by atoms with Crippen LogP contribution in [-0.4, -0.2) is 5.88 Å². The van der Waals surface area contributed by atoms with Crippen LogP contribution in [0, 0.1) is 0 Å². The van der Waals surface area contributed by atoms with Crippen molar-refractivity contribution in [2.75, 3.05) is 5.88 Å². The van der Waals surface area contributed by atoms with Crippen molar-refractivity contribution in [1.29, 1.82) is 0 Å². The zero-order valence-electron chi connectivity index (χ0n) is 14.3. The number of halogens is 1. The van der Waals surface area contributed by atoms with Crippen molar-refractivity contribution in [3.63, 3.8) is 0 Å². The molecule has 0 aromatic carbocycles. The van der Waals surface area contributed by atoms with Gasteiger partial charge < -0.3 is 0 Å². The molecule has 0 heterocycles. The molecule has 0 N–H and O–H groups in total. The molecule has 0 unspecified atom stereocenters. The van der Waals surface area contributed by atoms with E-state index in [0.29, 0.717) is 5.88 Å². The summed E-state index contributed by atoms with van der Waals surface area (Å²) in [5.41, 5.74) is 1.31. The average Bonchev–Trinajstić information content (AvgIpc) is 2.50. The number of allylic oxidation sites excluding steroid dienone is 3.